The maximum atomic E-state index is 12.0. The molecule has 3 aromatic rings. The van der Waals surface area contributed by atoms with Gasteiger partial charge in [-0.15, -0.1) is 0 Å². The SMILES string of the molecule is CNCCc1[nH]c(-c2ccncc2OC)c(Nc2cccc(Cl)c2C)c1C=O. The van der Waals surface area contributed by atoms with Crippen molar-refractivity contribution < 1.29 is 9.53 Å². The van der Waals surface area contributed by atoms with Gasteiger partial charge in [-0.2, -0.15) is 0 Å². The molecule has 0 atom stereocenters. The van der Waals surface area contributed by atoms with Gasteiger partial charge in [0.2, 0.25) is 0 Å². The minimum atomic E-state index is 0.587. The predicted octanol–water partition coefficient (Wildman–Crippen LogP) is 4.37. The second-order valence-corrected chi connectivity index (χ2v) is 6.76. The third kappa shape index (κ3) is 3.88. The van der Waals surface area contributed by atoms with Crippen LogP contribution in [0, 0.1) is 6.92 Å². The van der Waals surface area contributed by atoms with E-state index < -0.39 is 0 Å². The van der Waals surface area contributed by atoms with Crippen molar-refractivity contribution >= 4 is 29.3 Å². The summed E-state index contributed by atoms with van der Waals surface area (Å²) in [5.41, 5.74) is 5.46. The van der Waals surface area contributed by atoms with Crippen molar-refractivity contribution in [3.05, 3.63) is 58.5 Å². The van der Waals surface area contributed by atoms with E-state index in [1.54, 1.807) is 19.5 Å². The van der Waals surface area contributed by atoms with Gasteiger partial charge in [-0.3, -0.25) is 9.78 Å². The zero-order valence-corrected chi connectivity index (χ0v) is 16.9. The Kier molecular flexibility index (Phi) is 6.34. The number of rotatable bonds is 8. The maximum absolute atomic E-state index is 12.0. The molecule has 0 saturated heterocycles. The van der Waals surface area contributed by atoms with Gasteiger partial charge in [0.15, 0.2) is 6.29 Å². The smallest absolute Gasteiger partial charge is 0.153 e. The molecule has 2 heterocycles. The van der Waals surface area contributed by atoms with Gasteiger partial charge >= 0.3 is 0 Å². The number of likely N-dealkylation sites (N-methyl/N-ethyl adjacent to an activating group) is 1. The molecule has 0 unspecified atom stereocenters. The van der Waals surface area contributed by atoms with Gasteiger partial charge in [-0.1, -0.05) is 17.7 Å². The van der Waals surface area contributed by atoms with Crippen LogP contribution in [-0.4, -0.2) is 37.0 Å². The Hall–Kier alpha value is -2.83. The molecular formula is C21H23ClN4O2. The van der Waals surface area contributed by atoms with E-state index in [-0.39, 0.29) is 0 Å². The van der Waals surface area contributed by atoms with Crippen molar-refractivity contribution in [2.45, 2.75) is 13.3 Å². The minimum Gasteiger partial charge on any atom is -0.494 e. The molecular weight excluding hydrogens is 376 g/mol. The number of anilines is 2. The Morgan fingerprint density at radius 3 is 2.86 bits per heavy atom. The number of carbonyl (C=O) groups excluding carboxylic acids is 1. The number of halogens is 1. The topological polar surface area (TPSA) is 79.0 Å². The number of H-pyrrole nitrogens is 1. The quantitative estimate of drug-likeness (QED) is 0.491. The van der Waals surface area contributed by atoms with Crippen LogP contribution in [0.15, 0.2) is 36.7 Å². The molecule has 0 saturated carbocycles. The van der Waals surface area contributed by atoms with Gasteiger partial charge in [-0.05, 0) is 37.7 Å². The van der Waals surface area contributed by atoms with Crippen molar-refractivity contribution in [2.75, 3.05) is 26.0 Å². The zero-order chi connectivity index (χ0) is 20.1. The molecule has 28 heavy (non-hydrogen) atoms. The molecule has 0 aliphatic carbocycles. The summed E-state index contributed by atoms with van der Waals surface area (Å²) in [6.07, 6.45) is 4.90. The number of nitrogens with one attached hydrogen (secondary N) is 3. The first-order valence-electron chi connectivity index (χ1n) is 8.95. The molecule has 0 fully saturated rings. The highest BCUT2D eigenvalue weighted by atomic mass is 35.5. The first-order valence-corrected chi connectivity index (χ1v) is 9.33. The molecule has 1 aromatic carbocycles. The predicted molar refractivity (Wildman–Crippen MR) is 113 cm³/mol. The van der Waals surface area contributed by atoms with Crippen molar-refractivity contribution in [3.8, 4) is 17.0 Å². The van der Waals surface area contributed by atoms with Gasteiger partial charge in [0, 0.05) is 41.1 Å². The standard InChI is InChI=1S/C21H23ClN4O2/c1-13-16(22)5-4-6-17(13)25-21-15(12-27)18(8-9-23-2)26-20(21)14-7-10-24-11-19(14)28-3/h4-7,10-12,23,25-26H,8-9H2,1-3H3. The lowest BCUT2D eigenvalue weighted by molar-refractivity contribution is 0.112. The first kappa shape index (κ1) is 19.9. The van der Waals surface area contributed by atoms with Crippen molar-refractivity contribution in [1.82, 2.24) is 15.3 Å². The van der Waals surface area contributed by atoms with Crippen LogP contribution in [0.5, 0.6) is 5.75 Å². The molecule has 7 heteroatoms. The summed E-state index contributed by atoms with van der Waals surface area (Å²) in [6.45, 7) is 2.68. The molecule has 0 radical (unpaired) electrons. The summed E-state index contributed by atoms with van der Waals surface area (Å²) in [7, 11) is 3.48. The third-order valence-corrected chi connectivity index (χ3v) is 5.07. The average molecular weight is 399 g/mol. The number of pyridine rings is 1. The Bertz CT molecular complexity index is 985. The Morgan fingerprint density at radius 1 is 1.32 bits per heavy atom. The fourth-order valence-corrected chi connectivity index (χ4v) is 3.28. The first-order chi connectivity index (χ1) is 13.6. The van der Waals surface area contributed by atoms with Crippen molar-refractivity contribution in [1.29, 1.82) is 0 Å². The Morgan fingerprint density at radius 2 is 2.14 bits per heavy atom. The molecule has 0 aliphatic heterocycles. The van der Waals surface area contributed by atoms with Gasteiger partial charge in [0.25, 0.3) is 0 Å². The van der Waals surface area contributed by atoms with E-state index in [1.165, 1.54) is 0 Å². The van der Waals surface area contributed by atoms with Crippen molar-refractivity contribution in [2.24, 2.45) is 0 Å². The number of ether oxygens (including phenoxy) is 1. The van der Waals surface area contributed by atoms with Gasteiger partial charge in [-0.25, -0.2) is 0 Å². The summed E-state index contributed by atoms with van der Waals surface area (Å²) < 4.78 is 5.48. The molecule has 6 nitrogen and oxygen atoms in total. The average Bonchev–Trinajstić information content (AvgIpc) is 3.06. The summed E-state index contributed by atoms with van der Waals surface area (Å²) in [4.78, 5) is 19.5. The van der Waals surface area contributed by atoms with E-state index in [4.69, 9.17) is 16.3 Å². The molecule has 0 bridgehead atoms. The molecule has 0 aliphatic rings. The van der Waals surface area contributed by atoms with E-state index >= 15 is 0 Å². The lowest BCUT2D eigenvalue weighted by atomic mass is 10.1. The van der Waals surface area contributed by atoms with E-state index in [1.807, 2.05) is 38.2 Å². The number of aldehydes is 1. The van der Waals surface area contributed by atoms with Crippen LogP contribution in [-0.2, 0) is 6.42 Å². The second kappa shape index (κ2) is 8.91. The van der Waals surface area contributed by atoms with Crippen LogP contribution < -0.4 is 15.4 Å². The van der Waals surface area contributed by atoms with Gasteiger partial charge in [0.05, 0.1) is 30.3 Å². The Labute approximate surface area is 169 Å². The summed E-state index contributed by atoms with van der Waals surface area (Å²) in [5.74, 6) is 0.618. The molecule has 3 rings (SSSR count). The third-order valence-electron chi connectivity index (χ3n) is 4.66. The summed E-state index contributed by atoms with van der Waals surface area (Å²) >= 11 is 6.28. The number of benzene rings is 1. The second-order valence-electron chi connectivity index (χ2n) is 6.35. The maximum Gasteiger partial charge on any atom is 0.153 e. The highest BCUT2D eigenvalue weighted by Crippen LogP contribution is 2.39. The van der Waals surface area contributed by atoms with Gasteiger partial charge in [0.1, 0.15) is 5.75 Å². The number of aromatic amines is 1. The van der Waals surface area contributed by atoms with E-state index in [2.05, 4.69) is 20.6 Å². The number of aromatic nitrogens is 2. The fraction of sp³-hybridized carbons (Fsp3) is 0.238. The lowest BCUT2D eigenvalue weighted by Crippen LogP contribution is -2.11. The largest absolute Gasteiger partial charge is 0.494 e. The number of hydrogen-bond donors (Lipinski definition) is 3. The zero-order valence-electron chi connectivity index (χ0n) is 16.1. The summed E-state index contributed by atoms with van der Waals surface area (Å²) in [5, 5.41) is 7.18. The lowest BCUT2D eigenvalue weighted by Gasteiger charge is -2.14. The molecule has 0 spiro atoms. The van der Waals surface area contributed by atoms with Gasteiger partial charge < -0.3 is 20.4 Å². The minimum absolute atomic E-state index is 0.587. The molecule has 3 N–H and O–H groups in total. The van der Waals surface area contributed by atoms with Crippen LogP contribution in [0.1, 0.15) is 21.6 Å². The van der Waals surface area contributed by atoms with E-state index in [0.29, 0.717) is 28.4 Å². The van der Waals surface area contributed by atoms with Crippen molar-refractivity contribution in [3.63, 3.8) is 0 Å². The number of carbonyl (C=O) groups is 1. The van der Waals surface area contributed by atoms with Crippen LogP contribution in [0.25, 0.3) is 11.3 Å². The molecule has 2 aromatic heterocycles. The number of methoxy groups -OCH3 is 1. The monoisotopic (exact) mass is 398 g/mol. The van der Waals surface area contributed by atoms with Crippen LogP contribution in [0.2, 0.25) is 5.02 Å². The van der Waals surface area contributed by atoms with E-state index in [0.717, 1.165) is 41.0 Å². The normalized spacial score (nSPS) is 10.7. The highest BCUT2D eigenvalue weighted by Gasteiger charge is 2.21. The van der Waals surface area contributed by atoms with Crippen LogP contribution in [0.4, 0.5) is 11.4 Å². The van der Waals surface area contributed by atoms with Crippen LogP contribution in [0.3, 0.4) is 0 Å². The Balaban J connectivity index is 2.18. The highest BCUT2D eigenvalue weighted by molar-refractivity contribution is 6.31. The summed E-state index contributed by atoms with van der Waals surface area (Å²) in [6, 6.07) is 7.51. The van der Waals surface area contributed by atoms with E-state index in [9.17, 15) is 4.79 Å². The number of nitrogens with zero attached hydrogens (tertiary/aromatic N) is 1. The number of hydrogen-bond acceptors (Lipinski definition) is 5. The molecule has 0 amide bonds. The molecule has 146 valence electrons. The van der Waals surface area contributed by atoms with Crippen LogP contribution >= 0.6 is 11.6 Å². The fourth-order valence-electron chi connectivity index (χ4n) is 3.10.